The van der Waals surface area contributed by atoms with Crippen molar-refractivity contribution in [3.63, 3.8) is 0 Å². The van der Waals surface area contributed by atoms with Crippen LogP contribution in [0.15, 0.2) is 47.5 Å². The van der Waals surface area contributed by atoms with Gasteiger partial charge in [-0.1, -0.05) is 24.3 Å². The molecule has 1 atom stereocenters. The molecule has 9 nitrogen and oxygen atoms in total. The molecular weight excluding hydrogens is 419 g/mol. The molecule has 31 heavy (non-hydrogen) atoms. The molecule has 3 heterocycles. The number of alkyl halides is 3. The molecule has 0 saturated heterocycles. The maximum atomic E-state index is 13.6. The van der Waals surface area contributed by atoms with E-state index < -0.39 is 29.3 Å². The minimum Gasteiger partial charge on any atom is -0.477 e. The molecule has 0 radical (unpaired) electrons. The average molecular weight is 433 g/mol. The van der Waals surface area contributed by atoms with Crippen LogP contribution in [-0.2, 0) is 12.7 Å². The summed E-state index contributed by atoms with van der Waals surface area (Å²) in [5.41, 5.74) is -1.93. The highest BCUT2D eigenvalue weighted by Gasteiger charge is 2.42. The van der Waals surface area contributed by atoms with Gasteiger partial charge in [0.25, 0.3) is 5.56 Å². The summed E-state index contributed by atoms with van der Waals surface area (Å²) in [5.74, 6) is -1.27. The third kappa shape index (κ3) is 3.91. The van der Waals surface area contributed by atoms with E-state index in [2.05, 4.69) is 15.1 Å². The first-order valence-electron chi connectivity index (χ1n) is 8.94. The zero-order valence-electron chi connectivity index (χ0n) is 15.6. The van der Waals surface area contributed by atoms with Crippen LogP contribution in [0.2, 0.25) is 0 Å². The standard InChI is InChI=1S/C19H14F3N5O4/c20-19(21,22)15-13(7-24-26-16(15)28)27-8-10-3-1-2-4-11(10)14(27)9-31-18-23-6-5-12(25-18)17(29)30/h1-7,14H,8-9H2,(H,26,28)(H,29,30). The van der Waals surface area contributed by atoms with Crippen molar-refractivity contribution in [3.05, 3.63) is 75.5 Å². The van der Waals surface area contributed by atoms with Gasteiger partial charge in [-0.15, -0.1) is 0 Å². The predicted molar refractivity (Wildman–Crippen MR) is 99.7 cm³/mol. The molecule has 0 aliphatic carbocycles. The van der Waals surface area contributed by atoms with Gasteiger partial charge in [0, 0.05) is 12.7 Å². The molecule has 1 unspecified atom stereocenters. The maximum absolute atomic E-state index is 13.6. The molecule has 12 heteroatoms. The third-order valence-corrected chi connectivity index (χ3v) is 4.78. The Balaban J connectivity index is 1.71. The number of fused-ring (bicyclic) bond motifs is 1. The Morgan fingerprint density at radius 2 is 2.06 bits per heavy atom. The van der Waals surface area contributed by atoms with Gasteiger partial charge in [-0.3, -0.25) is 4.79 Å². The molecule has 2 N–H and O–H groups in total. The highest BCUT2D eigenvalue weighted by atomic mass is 19.4. The van der Waals surface area contributed by atoms with Crippen molar-refractivity contribution in [2.75, 3.05) is 11.5 Å². The molecule has 0 bridgehead atoms. The number of carbonyl (C=O) groups is 1. The van der Waals surface area contributed by atoms with Gasteiger partial charge in [-0.25, -0.2) is 14.9 Å². The Bertz CT molecular complexity index is 1200. The number of nitrogens with one attached hydrogen (secondary N) is 1. The van der Waals surface area contributed by atoms with Crippen LogP contribution in [0.5, 0.6) is 6.01 Å². The highest BCUT2D eigenvalue weighted by Crippen LogP contribution is 2.41. The summed E-state index contributed by atoms with van der Waals surface area (Å²) in [4.78, 5) is 32.0. The van der Waals surface area contributed by atoms with E-state index in [4.69, 9.17) is 9.84 Å². The van der Waals surface area contributed by atoms with Crippen molar-refractivity contribution in [1.82, 2.24) is 20.2 Å². The number of hydrogen-bond acceptors (Lipinski definition) is 7. The van der Waals surface area contributed by atoms with Crippen molar-refractivity contribution in [1.29, 1.82) is 0 Å². The van der Waals surface area contributed by atoms with Gasteiger partial charge in [0.05, 0.1) is 17.9 Å². The molecule has 4 rings (SSSR count). The van der Waals surface area contributed by atoms with E-state index in [0.717, 1.165) is 11.8 Å². The van der Waals surface area contributed by atoms with E-state index in [1.807, 2.05) is 5.10 Å². The lowest BCUT2D eigenvalue weighted by atomic mass is 10.1. The van der Waals surface area contributed by atoms with Crippen molar-refractivity contribution in [3.8, 4) is 6.01 Å². The number of aromatic nitrogens is 4. The summed E-state index contributed by atoms with van der Waals surface area (Å²) in [6, 6.07) is 7.22. The van der Waals surface area contributed by atoms with E-state index in [1.165, 1.54) is 17.2 Å². The zero-order chi connectivity index (χ0) is 22.2. The van der Waals surface area contributed by atoms with Gasteiger partial charge < -0.3 is 14.7 Å². The van der Waals surface area contributed by atoms with Crippen LogP contribution < -0.4 is 15.2 Å². The van der Waals surface area contributed by atoms with E-state index >= 15 is 0 Å². The molecule has 160 valence electrons. The van der Waals surface area contributed by atoms with Gasteiger partial charge in [0.15, 0.2) is 5.69 Å². The summed E-state index contributed by atoms with van der Waals surface area (Å²) in [6.45, 7) is -0.0986. The number of rotatable bonds is 5. The van der Waals surface area contributed by atoms with Gasteiger partial charge in [0.1, 0.15) is 12.2 Å². The maximum Gasteiger partial charge on any atom is 0.423 e. The predicted octanol–water partition coefficient (Wildman–Crippen LogP) is 2.42. The Morgan fingerprint density at radius 3 is 2.81 bits per heavy atom. The first-order valence-corrected chi connectivity index (χ1v) is 8.94. The van der Waals surface area contributed by atoms with Gasteiger partial charge in [-0.2, -0.15) is 23.3 Å². The third-order valence-electron chi connectivity index (χ3n) is 4.78. The number of benzene rings is 1. The molecule has 0 fully saturated rings. The first kappa shape index (κ1) is 20.3. The topological polar surface area (TPSA) is 121 Å². The van der Waals surface area contributed by atoms with Crippen molar-refractivity contribution >= 4 is 11.7 Å². The van der Waals surface area contributed by atoms with Gasteiger partial charge in [0.2, 0.25) is 0 Å². The second-order valence-corrected chi connectivity index (χ2v) is 6.64. The van der Waals surface area contributed by atoms with Gasteiger partial charge >= 0.3 is 18.2 Å². The number of ether oxygens (including phenoxy) is 1. The minimum absolute atomic E-state index is 0.0917. The smallest absolute Gasteiger partial charge is 0.423 e. The number of anilines is 1. The van der Waals surface area contributed by atoms with Crippen molar-refractivity contribution < 1.29 is 27.8 Å². The lowest BCUT2D eigenvalue weighted by Gasteiger charge is -2.28. The number of H-pyrrole nitrogens is 1. The number of aromatic amines is 1. The van der Waals surface area contributed by atoms with Crippen LogP contribution in [0.3, 0.4) is 0 Å². The summed E-state index contributed by atoms with van der Waals surface area (Å²) < 4.78 is 46.4. The molecule has 0 amide bonds. The molecule has 1 aliphatic rings. The minimum atomic E-state index is -4.90. The van der Waals surface area contributed by atoms with Crippen molar-refractivity contribution in [2.24, 2.45) is 0 Å². The van der Waals surface area contributed by atoms with Gasteiger partial charge in [-0.05, 0) is 17.2 Å². The number of carboxylic acid groups (broad SMARTS) is 1. The molecule has 3 aromatic rings. The molecule has 0 spiro atoms. The molecule has 1 aliphatic heterocycles. The average Bonchev–Trinajstić information content (AvgIpc) is 3.10. The summed E-state index contributed by atoms with van der Waals surface area (Å²) in [5, 5.41) is 14.4. The van der Waals surface area contributed by atoms with Crippen LogP contribution in [0.1, 0.15) is 33.2 Å². The monoisotopic (exact) mass is 433 g/mol. The normalized spacial score (nSPS) is 15.6. The Labute approximate surface area is 172 Å². The van der Waals surface area contributed by atoms with Crippen LogP contribution in [0.4, 0.5) is 18.9 Å². The highest BCUT2D eigenvalue weighted by molar-refractivity contribution is 5.85. The van der Waals surface area contributed by atoms with Crippen LogP contribution in [0, 0.1) is 0 Å². The van der Waals surface area contributed by atoms with E-state index in [9.17, 15) is 22.8 Å². The number of nitrogens with zero attached hydrogens (tertiary/aromatic N) is 4. The Kier molecular flexibility index (Phi) is 5.05. The number of halogens is 3. The zero-order valence-corrected chi connectivity index (χ0v) is 15.6. The number of aromatic carboxylic acids is 1. The number of hydrogen-bond donors (Lipinski definition) is 2. The fraction of sp³-hybridized carbons (Fsp3) is 0.211. The largest absolute Gasteiger partial charge is 0.477 e. The summed E-state index contributed by atoms with van der Waals surface area (Å²) in [6.07, 6.45) is -2.75. The summed E-state index contributed by atoms with van der Waals surface area (Å²) >= 11 is 0. The quantitative estimate of drug-likeness (QED) is 0.629. The lowest BCUT2D eigenvalue weighted by molar-refractivity contribution is -0.138. The summed E-state index contributed by atoms with van der Waals surface area (Å²) in [7, 11) is 0. The van der Waals surface area contributed by atoms with E-state index in [0.29, 0.717) is 5.56 Å². The second-order valence-electron chi connectivity index (χ2n) is 6.64. The SMILES string of the molecule is O=C(O)c1ccnc(OCC2c3ccccc3CN2c2cn[nH]c(=O)c2C(F)(F)F)n1. The Hall–Kier alpha value is -3.96. The molecule has 1 aromatic carbocycles. The van der Waals surface area contributed by atoms with Crippen LogP contribution in [-0.4, -0.2) is 37.8 Å². The first-order chi connectivity index (χ1) is 14.8. The van der Waals surface area contributed by atoms with Crippen molar-refractivity contribution in [2.45, 2.75) is 18.8 Å². The van der Waals surface area contributed by atoms with E-state index in [1.54, 1.807) is 24.3 Å². The molecule has 0 saturated carbocycles. The lowest BCUT2D eigenvalue weighted by Crippen LogP contribution is -2.33. The number of carboxylic acids is 1. The molecular formula is C19H14F3N5O4. The van der Waals surface area contributed by atoms with Crippen LogP contribution in [0.25, 0.3) is 0 Å². The van der Waals surface area contributed by atoms with E-state index in [-0.39, 0.29) is 30.5 Å². The second kappa shape index (κ2) is 7.70. The van der Waals surface area contributed by atoms with Crippen LogP contribution >= 0.6 is 0 Å². The Morgan fingerprint density at radius 1 is 1.29 bits per heavy atom. The fourth-order valence-corrected chi connectivity index (χ4v) is 3.46. The molecule has 2 aromatic heterocycles. The fourth-order valence-electron chi connectivity index (χ4n) is 3.46.